The Morgan fingerprint density at radius 3 is 2.24 bits per heavy atom. The van der Waals surface area contributed by atoms with Crippen LogP contribution in [0.25, 0.3) is 0 Å². The van der Waals surface area contributed by atoms with Crippen molar-refractivity contribution in [2.24, 2.45) is 0 Å². The van der Waals surface area contributed by atoms with Gasteiger partial charge in [-0.15, -0.1) is 0 Å². The lowest BCUT2D eigenvalue weighted by Gasteiger charge is -2.44. The predicted molar refractivity (Wildman–Crippen MR) is 97.4 cm³/mol. The van der Waals surface area contributed by atoms with Gasteiger partial charge in [0.05, 0.1) is 6.61 Å². The highest BCUT2D eigenvalue weighted by molar-refractivity contribution is 5.69. The third kappa shape index (κ3) is 6.41. The monoisotopic (exact) mass is 411 g/mol. The summed E-state index contributed by atoms with van der Waals surface area (Å²) >= 11 is 0. The molecule has 2 N–H and O–H groups in total. The van der Waals surface area contributed by atoms with Gasteiger partial charge >= 0.3 is 18.0 Å². The van der Waals surface area contributed by atoms with Crippen molar-refractivity contribution in [3.63, 3.8) is 0 Å². The molecule has 10 nitrogen and oxygen atoms in total. The number of alkyl carbamates (subject to hydrolysis) is 1. The first-order valence-electron chi connectivity index (χ1n) is 8.96. The summed E-state index contributed by atoms with van der Waals surface area (Å²) in [5.74, 6) is -1.35. The summed E-state index contributed by atoms with van der Waals surface area (Å²) in [5, 5.41) is 12.1. The zero-order valence-corrected chi connectivity index (χ0v) is 16.4. The van der Waals surface area contributed by atoms with E-state index in [0.717, 1.165) is 12.5 Å². The van der Waals surface area contributed by atoms with Crippen LogP contribution < -0.4 is 5.32 Å². The number of carbonyl (C=O) groups is 3. The number of carbonyl (C=O) groups excluding carboxylic acids is 3. The molecule has 0 aromatic heterocycles. The molecule has 10 heteroatoms. The van der Waals surface area contributed by atoms with E-state index in [1.807, 2.05) is 18.2 Å². The Morgan fingerprint density at radius 1 is 1.07 bits per heavy atom. The summed E-state index contributed by atoms with van der Waals surface area (Å²) in [6.07, 6.45) is -5.26. The molecule has 1 aromatic rings. The lowest BCUT2D eigenvalue weighted by atomic mass is 9.96. The van der Waals surface area contributed by atoms with Crippen molar-refractivity contribution in [1.29, 1.82) is 0 Å². The maximum Gasteiger partial charge on any atom is 0.407 e. The minimum Gasteiger partial charge on any atom is -0.456 e. The van der Waals surface area contributed by atoms with Gasteiger partial charge in [-0.3, -0.25) is 9.59 Å². The van der Waals surface area contributed by atoms with Crippen molar-refractivity contribution in [3.8, 4) is 0 Å². The van der Waals surface area contributed by atoms with Crippen LogP contribution in [0.4, 0.5) is 4.79 Å². The second kappa shape index (κ2) is 10.7. The van der Waals surface area contributed by atoms with Gasteiger partial charge in [-0.2, -0.15) is 0 Å². The predicted octanol–water partition coefficient (Wildman–Crippen LogP) is 0.508. The molecule has 0 aliphatic carbocycles. The number of nitrogens with one attached hydrogen (secondary N) is 1. The fourth-order valence-corrected chi connectivity index (χ4v) is 2.97. The molecule has 1 saturated heterocycles. The van der Waals surface area contributed by atoms with Gasteiger partial charge in [0.1, 0.15) is 18.8 Å². The van der Waals surface area contributed by atoms with Crippen molar-refractivity contribution < 1.29 is 43.2 Å². The Bertz CT molecular complexity index is 696. The van der Waals surface area contributed by atoms with Gasteiger partial charge in [-0.1, -0.05) is 30.3 Å². The lowest BCUT2D eigenvalue weighted by Crippen LogP contribution is -2.66. The lowest BCUT2D eigenvalue weighted by molar-refractivity contribution is -0.270. The van der Waals surface area contributed by atoms with Gasteiger partial charge in [-0.25, -0.2) is 4.79 Å². The maximum atomic E-state index is 12.3. The SMILES string of the molecule is CO[C@@H]1O[C@H](CO)[C@@H](OC(C)=O)[C@H](OC(C)=O)[C@H]1NC(=O)OCc1ccccc1. The number of ether oxygens (including phenoxy) is 5. The number of esters is 2. The van der Waals surface area contributed by atoms with E-state index in [1.165, 1.54) is 14.0 Å². The van der Waals surface area contributed by atoms with Crippen molar-refractivity contribution >= 4 is 18.0 Å². The van der Waals surface area contributed by atoms with E-state index in [2.05, 4.69) is 5.32 Å². The standard InChI is InChI=1S/C19H25NO9/c1-11(22)27-16-14(9-21)29-18(25-3)15(17(16)28-12(2)23)20-19(24)26-10-13-7-5-4-6-8-13/h4-8,14-18,21H,9-10H2,1-3H3,(H,20,24)/t14-,15-,16-,17-,18-/m1/s1. The molecule has 1 aromatic carbocycles. The Balaban J connectivity index is 2.17. The molecule has 0 unspecified atom stereocenters. The molecular weight excluding hydrogens is 386 g/mol. The number of hydrogen-bond donors (Lipinski definition) is 2. The van der Waals surface area contributed by atoms with Crippen LogP contribution in [0.3, 0.4) is 0 Å². The minimum atomic E-state index is -1.17. The first-order chi connectivity index (χ1) is 13.8. The quantitative estimate of drug-likeness (QED) is 0.487. The van der Waals surface area contributed by atoms with Crippen LogP contribution in [0.15, 0.2) is 30.3 Å². The summed E-state index contributed by atoms with van der Waals surface area (Å²) in [4.78, 5) is 35.4. The summed E-state index contributed by atoms with van der Waals surface area (Å²) in [7, 11) is 1.32. The fraction of sp³-hybridized carbons (Fsp3) is 0.526. The number of rotatable bonds is 7. The second-order valence-corrected chi connectivity index (χ2v) is 6.34. The second-order valence-electron chi connectivity index (χ2n) is 6.34. The highest BCUT2D eigenvalue weighted by Gasteiger charge is 2.50. The first kappa shape index (κ1) is 22.6. The largest absolute Gasteiger partial charge is 0.456 e. The molecule has 160 valence electrons. The van der Waals surface area contributed by atoms with Crippen LogP contribution in [-0.4, -0.2) is 67.5 Å². The van der Waals surface area contributed by atoms with Crippen molar-refractivity contribution in [2.45, 2.75) is 51.1 Å². The van der Waals surface area contributed by atoms with Crippen molar-refractivity contribution in [2.75, 3.05) is 13.7 Å². The Labute approximate surface area is 168 Å². The molecule has 1 amide bonds. The molecule has 2 rings (SSSR count). The molecule has 5 atom stereocenters. The molecule has 1 aliphatic rings. The van der Waals surface area contributed by atoms with Gasteiger partial charge in [0.15, 0.2) is 18.5 Å². The smallest absolute Gasteiger partial charge is 0.407 e. The van der Waals surface area contributed by atoms with Crippen LogP contribution >= 0.6 is 0 Å². The third-order valence-electron chi connectivity index (χ3n) is 4.16. The number of aliphatic hydroxyl groups is 1. The average molecular weight is 411 g/mol. The molecule has 29 heavy (non-hydrogen) atoms. The number of aliphatic hydroxyl groups excluding tert-OH is 1. The summed E-state index contributed by atoms with van der Waals surface area (Å²) in [6.45, 7) is 1.82. The summed E-state index contributed by atoms with van der Waals surface area (Å²) in [6, 6.07) is 7.98. The van der Waals surface area contributed by atoms with E-state index >= 15 is 0 Å². The van der Waals surface area contributed by atoms with Crippen LogP contribution in [0.5, 0.6) is 0 Å². The van der Waals surface area contributed by atoms with E-state index < -0.39 is 55.3 Å². The zero-order valence-electron chi connectivity index (χ0n) is 16.4. The Hall–Kier alpha value is -2.69. The Morgan fingerprint density at radius 2 is 1.69 bits per heavy atom. The van der Waals surface area contributed by atoms with E-state index in [-0.39, 0.29) is 6.61 Å². The van der Waals surface area contributed by atoms with Crippen molar-refractivity contribution in [3.05, 3.63) is 35.9 Å². The molecule has 1 fully saturated rings. The molecule has 0 radical (unpaired) electrons. The van der Waals surface area contributed by atoms with Gasteiger partial charge in [0.2, 0.25) is 0 Å². The van der Waals surface area contributed by atoms with Gasteiger partial charge in [-0.05, 0) is 5.56 Å². The molecule has 1 aliphatic heterocycles. The van der Waals surface area contributed by atoms with E-state index in [1.54, 1.807) is 12.1 Å². The van der Waals surface area contributed by atoms with E-state index in [0.29, 0.717) is 0 Å². The normalized spacial score (nSPS) is 26.3. The number of benzene rings is 1. The minimum absolute atomic E-state index is 0.0166. The molecule has 1 heterocycles. The van der Waals surface area contributed by atoms with Crippen LogP contribution in [0.2, 0.25) is 0 Å². The first-order valence-corrected chi connectivity index (χ1v) is 8.96. The number of hydrogen-bond acceptors (Lipinski definition) is 9. The molecule has 0 saturated carbocycles. The molecule has 0 bridgehead atoms. The average Bonchev–Trinajstić information content (AvgIpc) is 2.69. The van der Waals surface area contributed by atoms with Crippen LogP contribution in [-0.2, 0) is 39.9 Å². The number of amides is 1. The van der Waals surface area contributed by atoms with Gasteiger partial charge in [0, 0.05) is 21.0 Å². The molecule has 0 spiro atoms. The highest BCUT2D eigenvalue weighted by Crippen LogP contribution is 2.27. The Kier molecular flexibility index (Phi) is 8.37. The van der Waals surface area contributed by atoms with Gasteiger partial charge < -0.3 is 34.1 Å². The highest BCUT2D eigenvalue weighted by atomic mass is 16.7. The number of methoxy groups -OCH3 is 1. The topological polar surface area (TPSA) is 130 Å². The maximum absolute atomic E-state index is 12.3. The summed E-state index contributed by atoms with van der Waals surface area (Å²) < 4.78 is 26.5. The van der Waals surface area contributed by atoms with Gasteiger partial charge in [0.25, 0.3) is 0 Å². The van der Waals surface area contributed by atoms with Crippen LogP contribution in [0, 0.1) is 0 Å². The van der Waals surface area contributed by atoms with E-state index in [9.17, 15) is 19.5 Å². The van der Waals surface area contributed by atoms with Crippen molar-refractivity contribution in [1.82, 2.24) is 5.32 Å². The summed E-state index contributed by atoms with van der Waals surface area (Å²) in [5.41, 5.74) is 0.778. The molecular formula is C19H25NO9. The third-order valence-corrected chi connectivity index (χ3v) is 4.16. The fourth-order valence-electron chi connectivity index (χ4n) is 2.97. The van der Waals surface area contributed by atoms with Crippen LogP contribution in [0.1, 0.15) is 19.4 Å². The zero-order chi connectivity index (χ0) is 21.4. The van der Waals surface area contributed by atoms with E-state index in [4.69, 9.17) is 23.7 Å².